The van der Waals surface area contributed by atoms with E-state index >= 15 is 0 Å². The van der Waals surface area contributed by atoms with E-state index in [2.05, 4.69) is 9.88 Å². The van der Waals surface area contributed by atoms with Crippen molar-refractivity contribution in [3.63, 3.8) is 0 Å². The van der Waals surface area contributed by atoms with Gasteiger partial charge in [-0.3, -0.25) is 4.79 Å². The minimum Gasteiger partial charge on any atom is -0.352 e. The van der Waals surface area contributed by atoms with Gasteiger partial charge in [-0.2, -0.15) is 0 Å². The topological polar surface area (TPSA) is 38.1 Å². The second kappa shape index (κ2) is 3.82. The molecule has 0 unspecified atom stereocenters. The number of aryl methyl sites for hydroxylation is 1. The van der Waals surface area contributed by atoms with Crippen LogP contribution in [0.1, 0.15) is 19.3 Å². The first-order valence-electron chi connectivity index (χ1n) is 5.05. The van der Waals surface area contributed by atoms with Crippen LogP contribution < -0.4 is 10.5 Å². The Bertz CT molecular complexity index is 366. The molecular weight excluding hydrogens is 178 g/mol. The average Bonchev–Trinajstić information content (AvgIpc) is 2.23. The summed E-state index contributed by atoms with van der Waals surface area (Å²) in [6.45, 7) is 1.93. The number of rotatable bonds is 1. The van der Waals surface area contributed by atoms with Gasteiger partial charge in [-0.05, 0) is 19.3 Å². The highest BCUT2D eigenvalue weighted by Crippen LogP contribution is 2.12. The highest BCUT2D eigenvalue weighted by Gasteiger charge is 2.15. The summed E-state index contributed by atoms with van der Waals surface area (Å²) in [4.78, 5) is 18.0. The van der Waals surface area contributed by atoms with E-state index in [-0.39, 0.29) is 5.56 Å². The minimum atomic E-state index is 0.00870. The summed E-state index contributed by atoms with van der Waals surface area (Å²) < 4.78 is 1.58. The summed E-state index contributed by atoms with van der Waals surface area (Å²) in [5, 5.41) is 0. The molecule has 1 saturated heterocycles. The Morgan fingerprint density at radius 3 is 2.71 bits per heavy atom. The second-order valence-corrected chi connectivity index (χ2v) is 3.71. The molecule has 1 aromatic rings. The lowest BCUT2D eigenvalue weighted by Crippen LogP contribution is -2.36. The molecule has 1 aliphatic heterocycles. The summed E-state index contributed by atoms with van der Waals surface area (Å²) in [6.07, 6.45) is 6.98. The summed E-state index contributed by atoms with van der Waals surface area (Å²) in [5.74, 6) is 0.606. The predicted octanol–water partition coefficient (Wildman–Crippen LogP) is 0.771. The lowest BCUT2D eigenvalue weighted by molar-refractivity contribution is 0.569. The lowest BCUT2D eigenvalue weighted by Gasteiger charge is -2.26. The molecule has 0 radical (unpaired) electrons. The third-order valence-corrected chi connectivity index (χ3v) is 2.65. The molecule has 1 fully saturated rings. The van der Waals surface area contributed by atoms with Crippen LogP contribution in [0.25, 0.3) is 0 Å². The van der Waals surface area contributed by atoms with Gasteiger partial charge in [0, 0.05) is 32.5 Å². The zero-order valence-electron chi connectivity index (χ0n) is 8.44. The van der Waals surface area contributed by atoms with Crippen LogP contribution in [0.2, 0.25) is 0 Å². The molecule has 0 aliphatic carbocycles. The van der Waals surface area contributed by atoms with Crippen molar-refractivity contribution in [2.75, 3.05) is 18.0 Å². The van der Waals surface area contributed by atoms with Crippen LogP contribution in [0.5, 0.6) is 0 Å². The maximum Gasteiger partial charge on any atom is 0.293 e. The van der Waals surface area contributed by atoms with E-state index in [0.717, 1.165) is 13.1 Å². The standard InChI is InChI=1S/C10H15N3O/c1-12-8-5-11-9(10(12)14)13-6-3-2-4-7-13/h5,8H,2-4,6-7H2,1H3. The van der Waals surface area contributed by atoms with Crippen molar-refractivity contribution in [3.8, 4) is 0 Å². The van der Waals surface area contributed by atoms with Crippen LogP contribution in [-0.2, 0) is 7.05 Å². The summed E-state index contributed by atoms with van der Waals surface area (Å²) >= 11 is 0. The van der Waals surface area contributed by atoms with Crippen molar-refractivity contribution in [1.29, 1.82) is 0 Å². The van der Waals surface area contributed by atoms with E-state index in [1.807, 2.05) is 0 Å². The molecule has 0 bridgehead atoms. The zero-order valence-corrected chi connectivity index (χ0v) is 8.44. The van der Waals surface area contributed by atoms with E-state index in [9.17, 15) is 4.79 Å². The first-order chi connectivity index (χ1) is 6.79. The van der Waals surface area contributed by atoms with Gasteiger partial charge in [0.05, 0.1) is 0 Å². The van der Waals surface area contributed by atoms with Crippen molar-refractivity contribution in [3.05, 3.63) is 22.7 Å². The molecule has 14 heavy (non-hydrogen) atoms. The van der Waals surface area contributed by atoms with Crippen LogP contribution in [0.3, 0.4) is 0 Å². The van der Waals surface area contributed by atoms with Crippen molar-refractivity contribution >= 4 is 5.82 Å². The van der Waals surface area contributed by atoms with Gasteiger partial charge < -0.3 is 9.47 Å². The average molecular weight is 193 g/mol. The third kappa shape index (κ3) is 1.64. The van der Waals surface area contributed by atoms with Gasteiger partial charge in [0.15, 0.2) is 5.82 Å². The van der Waals surface area contributed by atoms with Gasteiger partial charge in [-0.15, -0.1) is 0 Å². The van der Waals surface area contributed by atoms with Crippen molar-refractivity contribution in [2.45, 2.75) is 19.3 Å². The van der Waals surface area contributed by atoms with Gasteiger partial charge in [-0.25, -0.2) is 4.98 Å². The first kappa shape index (κ1) is 9.24. The third-order valence-electron chi connectivity index (χ3n) is 2.65. The highest BCUT2D eigenvalue weighted by molar-refractivity contribution is 5.35. The minimum absolute atomic E-state index is 0.00870. The van der Waals surface area contributed by atoms with E-state index in [1.165, 1.54) is 19.3 Å². The molecule has 0 atom stereocenters. The number of hydrogen-bond donors (Lipinski definition) is 0. The van der Waals surface area contributed by atoms with Crippen LogP contribution >= 0.6 is 0 Å². The molecular formula is C10H15N3O. The van der Waals surface area contributed by atoms with Crippen molar-refractivity contribution in [2.24, 2.45) is 7.05 Å². The Morgan fingerprint density at radius 2 is 2.00 bits per heavy atom. The van der Waals surface area contributed by atoms with E-state index in [1.54, 1.807) is 24.0 Å². The van der Waals surface area contributed by atoms with Gasteiger partial charge >= 0.3 is 0 Å². The SMILES string of the molecule is Cn1ccnc(N2CCCCC2)c1=O. The molecule has 0 amide bonds. The highest BCUT2D eigenvalue weighted by atomic mass is 16.1. The monoisotopic (exact) mass is 193 g/mol. The van der Waals surface area contributed by atoms with E-state index in [4.69, 9.17) is 0 Å². The van der Waals surface area contributed by atoms with Gasteiger partial charge in [-0.1, -0.05) is 0 Å². The number of anilines is 1. The fraction of sp³-hybridized carbons (Fsp3) is 0.600. The van der Waals surface area contributed by atoms with E-state index < -0.39 is 0 Å². The molecule has 0 spiro atoms. The quantitative estimate of drug-likeness (QED) is 0.661. The Labute approximate surface area is 83.2 Å². The molecule has 0 saturated carbocycles. The fourth-order valence-corrected chi connectivity index (χ4v) is 1.81. The van der Waals surface area contributed by atoms with Crippen LogP contribution in [0.15, 0.2) is 17.2 Å². The number of aromatic nitrogens is 2. The molecule has 2 heterocycles. The summed E-state index contributed by atoms with van der Waals surface area (Å²) in [7, 11) is 1.76. The molecule has 1 aromatic heterocycles. The van der Waals surface area contributed by atoms with Crippen LogP contribution in [0.4, 0.5) is 5.82 Å². The molecule has 76 valence electrons. The van der Waals surface area contributed by atoms with Crippen molar-refractivity contribution in [1.82, 2.24) is 9.55 Å². The number of piperidine rings is 1. The fourth-order valence-electron chi connectivity index (χ4n) is 1.81. The molecule has 1 aliphatic rings. The lowest BCUT2D eigenvalue weighted by atomic mass is 10.1. The number of hydrogen-bond acceptors (Lipinski definition) is 3. The molecule has 0 aromatic carbocycles. The predicted molar refractivity (Wildman–Crippen MR) is 55.5 cm³/mol. The van der Waals surface area contributed by atoms with E-state index in [0.29, 0.717) is 5.82 Å². The maximum atomic E-state index is 11.7. The Kier molecular flexibility index (Phi) is 2.52. The normalized spacial score (nSPS) is 17.1. The van der Waals surface area contributed by atoms with Gasteiger partial charge in [0.25, 0.3) is 5.56 Å². The number of nitrogens with zero attached hydrogens (tertiary/aromatic N) is 3. The molecule has 4 heteroatoms. The Morgan fingerprint density at radius 1 is 1.29 bits per heavy atom. The molecule has 0 N–H and O–H groups in total. The van der Waals surface area contributed by atoms with Crippen LogP contribution in [0, 0.1) is 0 Å². The Hall–Kier alpha value is -1.32. The van der Waals surface area contributed by atoms with Crippen molar-refractivity contribution < 1.29 is 0 Å². The molecule has 4 nitrogen and oxygen atoms in total. The Balaban J connectivity index is 2.31. The largest absolute Gasteiger partial charge is 0.352 e. The second-order valence-electron chi connectivity index (χ2n) is 3.71. The maximum absolute atomic E-state index is 11.7. The van der Waals surface area contributed by atoms with Crippen LogP contribution in [-0.4, -0.2) is 22.6 Å². The first-order valence-corrected chi connectivity index (χ1v) is 5.05. The van der Waals surface area contributed by atoms with Gasteiger partial charge in [0.2, 0.25) is 0 Å². The summed E-state index contributed by atoms with van der Waals surface area (Å²) in [5.41, 5.74) is 0.00870. The smallest absolute Gasteiger partial charge is 0.293 e. The van der Waals surface area contributed by atoms with Gasteiger partial charge in [0.1, 0.15) is 0 Å². The summed E-state index contributed by atoms with van der Waals surface area (Å²) in [6, 6.07) is 0. The molecule has 2 rings (SSSR count). The zero-order chi connectivity index (χ0) is 9.97.